The van der Waals surface area contributed by atoms with Crippen LogP contribution >= 0.6 is 0 Å². The molecule has 5 nitrogen and oxygen atoms in total. The highest BCUT2D eigenvalue weighted by Gasteiger charge is 2.14. The van der Waals surface area contributed by atoms with Gasteiger partial charge in [-0.15, -0.1) is 0 Å². The number of rotatable bonds is 4. The van der Waals surface area contributed by atoms with Gasteiger partial charge < -0.3 is 19.8 Å². The molecule has 2 aromatic rings. The van der Waals surface area contributed by atoms with Crippen LogP contribution in [0.15, 0.2) is 40.8 Å². The van der Waals surface area contributed by atoms with Gasteiger partial charge in [0.25, 0.3) is 0 Å². The van der Waals surface area contributed by atoms with Gasteiger partial charge in [-0.1, -0.05) is 0 Å². The van der Waals surface area contributed by atoms with E-state index in [0.717, 1.165) is 31.5 Å². The largest absolute Gasteiger partial charge is 0.496 e. The Bertz CT molecular complexity index is 743. The maximum atomic E-state index is 12.2. The summed E-state index contributed by atoms with van der Waals surface area (Å²) in [7, 11) is 1.61. The van der Waals surface area contributed by atoms with Crippen molar-refractivity contribution in [2.24, 2.45) is 0 Å². The molecule has 1 aromatic heterocycles. The van der Waals surface area contributed by atoms with E-state index < -0.39 is 0 Å². The summed E-state index contributed by atoms with van der Waals surface area (Å²) in [4.78, 5) is 14.0. The Morgan fingerprint density at radius 3 is 2.75 bits per heavy atom. The number of carbonyl (C=O) groups excluding carboxylic acids is 1. The lowest BCUT2D eigenvalue weighted by molar-refractivity contribution is -0.126. The summed E-state index contributed by atoms with van der Waals surface area (Å²) >= 11 is 0. The number of furan rings is 1. The number of anilines is 1. The lowest BCUT2D eigenvalue weighted by Gasteiger charge is -2.25. The number of piperidine rings is 1. The molecule has 2 N–H and O–H groups in total. The Morgan fingerprint density at radius 1 is 1.21 bits per heavy atom. The van der Waals surface area contributed by atoms with Crippen molar-refractivity contribution < 1.29 is 13.9 Å². The van der Waals surface area contributed by atoms with E-state index in [0.29, 0.717) is 23.0 Å². The molecule has 0 atom stereocenters. The summed E-state index contributed by atoms with van der Waals surface area (Å²) in [6.07, 6.45) is 6.65. The van der Waals surface area contributed by atoms with Gasteiger partial charge in [-0.05, 0) is 55.7 Å². The monoisotopic (exact) mass is 326 g/mol. The number of nitrogens with zero attached hydrogens (tertiary/aromatic N) is 1. The Hall–Kier alpha value is -2.69. The molecule has 0 spiro atoms. The predicted molar refractivity (Wildman–Crippen MR) is 94.6 cm³/mol. The summed E-state index contributed by atoms with van der Waals surface area (Å²) in [5.41, 5.74) is 7.28. The molecule has 0 bridgehead atoms. The van der Waals surface area contributed by atoms with Crippen LogP contribution < -0.4 is 10.5 Å². The van der Waals surface area contributed by atoms with Crippen molar-refractivity contribution in [3.05, 3.63) is 42.2 Å². The van der Waals surface area contributed by atoms with Crippen LogP contribution in [0.1, 0.15) is 25.0 Å². The van der Waals surface area contributed by atoms with Crippen molar-refractivity contribution in [3.63, 3.8) is 0 Å². The topological polar surface area (TPSA) is 68.7 Å². The fraction of sp³-hybridized carbons (Fsp3) is 0.316. The molecule has 0 radical (unpaired) electrons. The summed E-state index contributed by atoms with van der Waals surface area (Å²) in [6, 6.07) is 9.08. The van der Waals surface area contributed by atoms with E-state index in [4.69, 9.17) is 14.9 Å². The molecule has 0 saturated carbocycles. The highest BCUT2D eigenvalue weighted by Crippen LogP contribution is 2.33. The van der Waals surface area contributed by atoms with Crippen molar-refractivity contribution in [1.29, 1.82) is 0 Å². The van der Waals surface area contributed by atoms with Gasteiger partial charge in [0.2, 0.25) is 5.91 Å². The number of nitrogens with two attached hydrogens (primary N) is 1. The second-order valence-corrected chi connectivity index (χ2v) is 5.88. The normalized spacial score (nSPS) is 15.0. The number of nitrogen functional groups attached to an aromatic ring is 1. The van der Waals surface area contributed by atoms with E-state index in [1.165, 1.54) is 6.42 Å². The average molecular weight is 326 g/mol. The number of hydrogen-bond acceptors (Lipinski definition) is 4. The van der Waals surface area contributed by atoms with Crippen molar-refractivity contribution in [2.75, 3.05) is 25.9 Å². The van der Waals surface area contributed by atoms with Crippen LogP contribution in [-0.4, -0.2) is 31.0 Å². The maximum Gasteiger partial charge on any atom is 0.246 e. The first-order chi connectivity index (χ1) is 11.7. The van der Waals surface area contributed by atoms with Gasteiger partial charge in [0.1, 0.15) is 17.3 Å². The van der Waals surface area contributed by atoms with Crippen LogP contribution in [0.4, 0.5) is 5.69 Å². The lowest BCUT2D eigenvalue weighted by Crippen LogP contribution is -2.34. The molecular formula is C19H22N2O3. The van der Waals surface area contributed by atoms with Crippen molar-refractivity contribution in [3.8, 4) is 17.1 Å². The van der Waals surface area contributed by atoms with E-state index >= 15 is 0 Å². The van der Waals surface area contributed by atoms with E-state index in [2.05, 4.69) is 0 Å². The summed E-state index contributed by atoms with van der Waals surface area (Å²) in [5.74, 6) is 2.01. The summed E-state index contributed by atoms with van der Waals surface area (Å²) < 4.78 is 11.2. The molecule has 0 aliphatic carbocycles. The lowest BCUT2D eigenvalue weighted by atomic mass is 10.1. The third kappa shape index (κ3) is 3.62. The quantitative estimate of drug-likeness (QED) is 0.689. The zero-order valence-corrected chi connectivity index (χ0v) is 13.8. The van der Waals surface area contributed by atoms with Crippen LogP contribution in [-0.2, 0) is 4.79 Å². The van der Waals surface area contributed by atoms with Crippen LogP contribution in [0.2, 0.25) is 0 Å². The third-order valence-electron chi connectivity index (χ3n) is 4.17. The van der Waals surface area contributed by atoms with Gasteiger partial charge in [-0.3, -0.25) is 4.79 Å². The predicted octanol–water partition coefficient (Wildman–Crippen LogP) is 3.56. The fourth-order valence-electron chi connectivity index (χ4n) is 2.88. The Labute approximate surface area is 141 Å². The number of ether oxygens (including phenoxy) is 1. The van der Waals surface area contributed by atoms with E-state index in [1.54, 1.807) is 25.3 Å². The van der Waals surface area contributed by atoms with E-state index in [1.807, 2.05) is 29.2 Å². The van der Waals surface area contributed by atoms with E-state index in [-0.39, 0.29) is 5.91 Å². The number of methoxy groups -OCH3 is 1. The molecule has 3 rings (SSSR count). The van der Waals surface area contributed by atoms with Crippen molar-refractivity contribution >= 4 is 17.7 Å². The second-order valence-electron chi connectivity index (χ2n) is 5.88. The minimum Gasteiger partial charge on any atom is -0.496 e. The molecule has 24 heavy (non-hydrogen) atoms. The molecule has 1 aromatic carbocycles. The molecule has 5 heteroatoms. The number of carbonyl (C=O) groups is 1. The molecule has 2 heterocycles. The van der Waals surface area contributed by atoms with Crippen LogP contribution in [0, 0.1) is 0 Å². The van der Waals surface area contributed by atoms with Gasteiger partial charge in [0, 0.05) is 24.9 Å². The Balaban J connectivity index is 1.75. The molecule has 0 unspecified atom stereocenters. The Morgan fingerprint density at radius 2 is 2.00 bits per heavy atom. The minimum atomic E-state index is 0.0363. The summed E-state index contributed by atoms with van der Waals surface area (Å²) in [6.45, 7) is 1.68. The number of hydrogen-bond donors (Lipinski definition) is 1. The number of benzene rings is 1. The third-order valence-corrected chi connectivity index (χ3v) is 4.17. The van der Waals surface area contributed by atoms with E-state index in [9.17, 15) is 4.79 Å². The summed E-state index contributed by atoms with van der Waals surface area (Å²) in [5, 5.41) is 0. The highest BCUT2D eigenvalue weighted by atomic mass is 16.5. The van der Waals surface area contributed by atoms with Gasteiger partial charge in [-0.25, -0.2) is 0 Å². The highest BCUT2D eigenvalue weighted by molar-refractivity contribution is 5.91. The second kappa shape index (κ2) is 7.25. The molecule has 1 aliphatic heterocycles. The molecular weight excluding hydrogens is 304 g/mol. The Kier molecular flexibility index (Phi) is 4.89. The SMILES string of the molecule is COc1ccc(N)cc1-c1ccc(/C=C/C(=O)N2CCCCC2)o1. The van der Waals surface area contributed by atoms with Gasteiger partial charge in [0.15, 0.2) is 0 Å². The molecule has 1 saturated heterocycles. The fourth-order valence-corrected chi connectivity index (χ4v) is 2.88. The molecule has 1 amide bonds. The van der Waals surface area contributed by atoms with Crippen LogP contribution in [0.3, 0.4) is 0 Å². The smallest absolute Gasteiger partial charge is 0.246 e. The zero-order valence-electron chi connectivity index (χ0n) is 13.8. The number of likely N-dealkylation sites (tertiary alicyclic amines) is 1. The van der Waals surface area contributed by atoms with Gasteiger partial charge in [-0.2, -0.15) is 0 Å². The molecule has 1 fully saturated rings. The minimum absolute atomic E-state index is 0.0363. The van der Waals surface area contributed by atoms with Crippen molar-refractivity contribution in [1.82, 2.24) is 4.90 Å². The van der Waals surface area contributed by atoms with Gasteiger partial charge in [0.05, 0.1) is 12.7 Å². The first-order valence-corrected chi connectivity index (χ1v) is 8.18. The first-order valence-electron chi connectivity index (χ1n) is 8.18. The zero-order chi connectivity index (χ0) is 16.9. The maximum absolute atomic E-state index is 12.2. The van der Waals surface area contributed by atoms with Crippen LogP contribution in [0.25, 0.3) is 17.4 Å². The molecule has 1 aliphatic rings. The number of amides is 1. The standard InChI is InChI=1S/C19H22N2O3/c1-23-17-8-5-14(20)13-16(17)18-9-6-15(24-18)7-10-19(22)21-11-3-2-4-12-21/h5-10,13H,2-4,11-12,20H2,1H3/b10-7+. The molecule has 126 valence electrons. The van der Waals surface area contributed by atoms with Crippen LogP contribution in [0.5, 0.6) is 5.75 Å². The first kappa shape index (κ1) is 16.2. The average Bonchev–Trinajstić information content (AvgIpc) is 3.09. The van der Waals surface area contributed by atoms with Gasteiger partial charge >= 0.3 is 0 Å². The van der Waals surface area contributed by atoms with Crippen molar-refractivity contribution in [2.45, 2.75) is 19.3 Å².